The lowest BCUT2D eigenvalue weighted by atomic mass is 9.99. The van der Waals surface area contributed by atoms with Crippen molar-refractivity contribution in [2.24, 2.45) is 5.10 Å². The molecule has 0 spiro atoms. The number of benzene rings is 3. The molecule has 0 fully saturated rings. The van der Waals surface area contributed by atoms with Gasteiger partial charge in [-0.25, -0.2) is 0 Å². The third-order valence-corrected chi connectivity index (χ3v) is 5.58. The maximum absolute atomic E-state index is 13.6. The zero-order chi connectivity index (χ0) is 25.8. The molecule has 4 rings (SSSR count). The van der Waals surface area contributed by atoms with Crippen molar-refractivity contribution in [3.8, 4) is 23.0 Å². The predicted octanol–water partition coefficient (Wildman–Crippen LogP) is 4.46. The van der Waals surface area contributed by atoms with Gasteiger partial charge in [-0.05, 0) is 54.6 Å². The van der Waals surface area contributed by atoms with Gasteiger partial charge in [0.2, 0.25) is 5.75 Å². The van der Waals surface area contributed by atoms with Gasteiger partial charge in [0.05, 0.1) is 44.6 Å². The van der Waals surface area contributed by atoms with E-state index < -0.39 is 10.8 Å². The molecule has 10 heteroatoms. The van der Waals surface area contributed by atoms with E-state index >= 15 is 0 Å². The first-order chi connectivity index (χ1) is 17.4. The van der Waals surface area contributed by atoms with E-state index in [-0.39, 0.29) is 5.69 Å². The molecule has 10 nitrogen and oxygen atoms in total. The Balaban J connectivity index is 1.85. The summed E-state index contributed by atoms with van der Waals surface area (Å²) in [5.41, 5.74) is 2.27. The van der Waals surface area contributed by atoms with Crippen LogP contribution in [0.5, 0.6) is 23.0 Å². The molecular formula is C26H23N3O7. The van der Waals surface area contributed by atoms with Crippen LogP contribution in [0.4, 0.5) is 11.4 Å². The zero-order valence-electron chi connectivity index (χ0n) is 20.1. The van der Waals surface area contributed by atoms with Crippen LogP contribution in [0.25, 0.3) is 6.08 Å². The van der Waals surface area contributed by atoms with Gasteiger partial charge in [0.25, 0.3) is 11.6 Å². The molecule has 0 bridgehead atoms. The third-order valence-electron chi connectivity index (χ3n) is 5.58. The Labute approximate surface area is 207 Å². The fourth-order valence-electron chi connectivity index (χ4n) is 3.79. The van der Waals surface area contributed by atoms with E-state index in [9.17, 15) is 14.9 Å². The number of methoxy groups -OCH3 is 4. The van der Waals surface area contributed by atoms with Crippen molar-refractivity contribution in [3.63, 3.8) is 0 Å². The summed E-state index contributed by atoms with van der Waals surface area (Å²) in [6, 6.07) is 16.2. The number of hydrazone groups is 1. The Morgan fingerprint density at radius 1 is 0.833 bits per heavy atom. The molecular weight excluding hydrogens is 466 g/mol. The van der Waals surface area contributed by atoms with Crippen molar-refractivity contribution >= 4 is 29.1 Å². The summed E-state index contributed by atoms with van der Waals surface area (Å²) in [5.74, 6) is 1.50. The number of rotatable bonds is 8. The zero-order valence-corrected chi connectivity index (χ0v) is 20.1. The molecule has 184 valence electrons. The SMILES string of the molecule is COc1ccc(C2=NN(c3ccc([N+](=O)[O-])cc3)C(=O)C2=Cc2ccc(OC)c(OC)c2OC)cc1. The second-order valence-electron chi connectivity index (χ2n) is 7.55. The Morgan fingerprint density at radius 3 is 2.06 bits per heavy atom. The lowest BCUT2D eigenvalue weighted by Crippen LogP contribution is -2.21. The maximum Gasteiger partial charge on any atom is 0.281 e. The summed E-state index contributed by atoms with van der Waals surface area (Å²) < 4.78 is 21.7. The summed E-state index contributed by atoms with van der Waals surface area (Å²) >= 11 is 0. The highest BCUT2D eigenvalue weighted by Crippen LogP contribution is 2.41. The molecule has 1 aliphatic heterocycles. The molecule has 0 saturated heterocycles. The fourth-order valence-corrected chi connectivity index (χ4v) is 3.79. The molecule has 0 radical (unpaired) electrons. The topological polar surface area (TPSA) is 113 Å². The Hall–Kier alpha value is -4.86. The van der Waals surface area contributed by atoms with Crippen LogP contribution >= 0.6 is 0 Å². The van der Waals surface area contributed by atoms with E-state index in [1.165, 1.54) is 50.6 Å². The normalized spacial score (nSPS) is 14.0. The van der Waals surface area contributed by atoms with Gasteiger partial charge in [0.1, 0.15) is 11.5 Å². The van der Waals surface area contributed by atoms with Crippen molar-refractivity contribution < 1.29 is 28.7 Å². The fraction of sp³-hybridized carbons (Fsp3) is 0.154. The number of nitro groups is 1. The number of nitrogens with zero attached hydrogens (tertiary/aromatic N) is 3. The Kier molecular flexibility index (Phi) is 6.86. The number of non-ortho nitro benzene ring substituents is 1. The second kappa shape index (κ2) is 10.2. The molecule has 3 aromatic carbocycles. The second-order valence-corrected chi connectivity index (χ2v) is 7.55. The molecule has 0 saturated carbocycles. The molecule has 1 aliphatic rings. The third kappa shape index (κ3) is 4.43. The van der Waals surface area contributed by atoms with E-state index in [2.05, 4.69) is 5.10 Å². The van der Waals surface area contributed by atoms with E-state index in [0.29, 0.717) is 51.1 Å². The highest BCUT2D eigenvalue weighted by molar-refractivity contribution is 6.37. The maximum atomic E-state index is 13.6. The average Bonchev–Trinajstić information content (AvgIpc) is 3.23. The number of nitro benzene ring substituents is 1. The van der Waals surface area contributed by atoms with Gasteiger partial charge in [-0.1, -0.05) is 0 Å². The van der Waals surface area contributed by atoms with Gasteiger partial charge < -0.3 is 18.9 Å². The summed E-state index contributed by atoms with van der Waals surface area (Å²) in [6.07, 6.45) is 1.66. The molecule has 36 heavy (non-hydrogen) atoms. The average molecular weight is 489 g/mol. The largest absolute Gasteiger partial charge is 0.497 e. The number of amides is 1. The first-order valence-electron chi connectivity index (χ1n) is 10.7. The summed E-state index contributed by atoms with van der Waals surface area (Å²) in [5, 5.41) is 16.8. The van der Waals surface area contributed by atoms with Gasteiger partial charge >= 0.3 is 0 Å². The van der Waals surface area contributed by atoms with E-state index in [1.54, 1.807) is 49.6 Å². The molecule has 3 aromatic rings. The van der Waals surface area contributed by atoms with Gasteiger partial charge in [0.15, 0.2) is 11.5 Å². The standard InChI is InChI=1S/C26H23N3O7/c1-33-20-12-5-16(6-13-20)23-21(15-17-7-14-22(34-2)25(36-4)24(17)35-3)26(30)28(27-23)18-8-10-19(11-9-18)29(31)32/h5-15H,1-4H3. The lowest BCUT2D eigenvalue weighted by Gasteiger charge is -2.15. The van der Waals surface area contributed by atoms with Crippen LogP contribution in [0.3, 0.4) is 0 Å². The summed E-state index contributed by atoms with van der Waals surface area (Å²) in [4.78, 5) is 24.1. The van der Waals surface area contributed by atoms with E-state index in [1.807, 2.05) is 0 Å². The number of hydrogen-bond donors (Lipinski definition) is 0. The minimum absolute atomic E-state index is 0.0874. The van der Waals surface area contributed by atoms with Crippen LogP contribution < -0.4 is 24.0 Å². The van der Waals surface area contributed by atoms with Crippen molar-refractivity contribution in [1.29, 1.82) is 0 Å². The number of carbonyl (C=O) groups is 1. The molecule has 0 aliphatic carbocycles. The van der Waals surface area contributed by atoms with Crippen LogP contribution in [0, 0.1) is 10.1 Å². The van der Waals surface area contributed by atoms with Crippen LogP contribution in [-0.2, 0) is 4.79 Å². The lowest BCUT2D eigenvalue weighted by molar-refractivity contribution is -0.384. The van der Waals surface area contributed by atoms with Crippen molar-refractivity contribution in [2.45, 2.75) is 0 Å². The monoisotopic (exact) mass is 489 g/mol. The Bertz CT molecular complexity index is 1360. The molecule has 1 heterocycles. The quantitative estimate of drug-likeness (QED) is 0.261. The number of hydrogen-bond acceptors (Lipinski definition) is 8. The van der Waals surface area contributed by atoms with Crippen molar-refractivity contribution in [1.82, 2.24) is 0 Å². The van der Waals surface area contributed by atoms with Crippen LogP contribution in [0.15, 0.2) is 71.3 Å². The summed E-state index contributed by atoms with van der Waals surface area (Å²) in [6.45, 7) is 0. The van der Waals surface area contributed by atoms with Crippen LogP contribution in [0.1, 0.15) is 11.1 Å². The van der Waals surface area contributed by atoms with Crippen molar-refractivity contribution in [3.05, 3.63) is 87.5 Å². The minimum atomic E-state index is -0.504. The van der Waals surface area contributed by atoms with Gasteiger partial charge in [-0.15, -0.1) is 0 Å². The molecule has 0 N–H and O–H groups in total. The van der Waals surface area contributed by atoms with E-state index in [0.717, 1.165) is 0 Å². The Morgan fingerprint density at radius 2 is 1.50 bits per heavy atom. The highest BCUT2D eigenvalue weighted by Gasteiger charge is 2.33. The smallest absolute Gasteiger partial charge is 0.281 e. The number of ether oxygens (including phenoxy) is 4. The summed E-state index contributed by atoms with van der Waals surface area (Å²) in [7, 11) is 6.08. The molecule has 0 aromatic heterocycles. The minimum Gasteiger partial charge on any atom is -0.497 e. The van der Waals surface area contributed by atoms with Crippen LogP contribution in [-0.4, -0.2) is 45.0 Å². The first kappa shape index (κ1) is 24.3. The molecule has 1 amide bonds. The number of anilines is 1. The number of carbonyl (C=O) groups excluding carboxylic acids is 1. The molecule has 0 atom stereocenters. The highest BCUT2D eigenvalue weighted by atomic mass is 16.6. The van der Waals surface area contributed by atoms with Crippen LogP contribution in [0.2, 0.25) is 0 Å². The van der Waals surface area contributed by atoms with Gasteiger partial charge in [-0.3, -0.25) is 14.9 Å². The molecule has 0 unspecified atom stereocenters. The van der Waals surface area contributed by atoms with E-state index in [4.69, 9.17) is 18.9 Å². The van der Waals surface area contributed by atoms with Crippen molar-refractivity contribution in [2.75, 3.05) is 33.4 Å². The predicted molar refractivity (Wildman–Crippen MR) is 134 cm³/mol. The van der Waals surface area contributed by atoms with Gasteiger partial charge in [-0.2, -0.15) is 10.1 Å². The van der Waals surface area contributed by atoms with Gasteiger partial charge in [0, 0.05) is 23.3 Å². The first-order valence-corrected chi connectivity index (χ1v) is 10.7.